The summed E-state index contributed by atoms with van der Waals surface area (Å²) in [6, 6.07) is 3.37. The molecule has 1 unspecified atom stereocenters. The maximum absolute atomic E-state index is 10.9. The topological polar surface area (TPSA) is 59.4 Å². The van der Waals surface area contributed by atoms with Crippen LogP contribution in [0.25, 0.3) is 0 Å². The first kappa shape index (κ1) is 11.3. The Kier molecular flexibility index (Phi) is 3.33. The lowest BCUT2D eigenvalue weighted by atomic mass is 10.0. The van der Waals surface area contributed by atoms with E-state index < -0.39 is 5.97 Å². The highest BCUT2D eigenvalue weighted by Crippen LogP contribution is 2.32. The van der Waals surface area contributed by atoms with E-state index in [1.165, 1.54) is 7.11 Å². The molecule has 86 valence electrons. The van der Waals surface area contributed by atoms with E-state index >= 15 is 0 Å². The molecular weight excluding hydrogens is 226 g/mol. The zero-order valence-corrected chi connectivity index (χ0v) is 9.79. The van der Waals surface area contributed by atoms with E-state index in [1.807, 2.05) is 11.8 Å². The lowest BCUT2D eigenvalue weighted by Gasteiger charge is -2.10. The molecule has 1 aromatic rings. The van der Waals surface area contributed by atoms with Crippen molar-refractivity contribution in [2.45, 2.75) is 12.3 Å². The number of carbonyl (C=O) groups is 1. The molecule has 1 saturated heterocycles. The highest BCUT2D eigenvalue weighted by Gasteiger charge is 2.21. The summed E-state index contributed by atoms with van der Waals surface area (Å²) in [4.78, 5) is 15.2. The van der Waals surface area contributed by atoms with E-state index in [9.17, 15) is 4.79 Å². The van der Waals surface area contributed by atoms with Gasteiger partial charge in [-0.05, 0) is 24.3 Å². The van der Waals surface area contributed by atoms with Gasteiger partial charge in [0.2, 0.25) is 5.88 Å². The number of carboxylic acid groups (broad SMARTS) is 1. The minimum absolute atomic E-state index is 0.122. The molecule has 1 aromatic heterocycles. The number of nitrogens with zero attached hydrogens (tertiary/aromatic N) is 1. The van der Waals surface area contributed by atoms with Crippen LogP contribution < -0.4 is 4.74 Å². The van der Waals surface area contributed by atoms with Gasteiger partial charge in [0.15, 0.2) is 0 Å². The summed E-state index contributed by atoms with van der Waals surface area (Å²) in [6.07, 6.45) is 1.10. The summed E-state index contributed by atoms with van der Waals surface area (Å²) in [5, 5.41) is 8.93. The second-order valence-electron chi connectivity index (χ2n) is 3.66. The van der Waals surface area contributed by atoms with Crippen molar-refractivity contribution >= 4 is 17.7 Å². The Morgan fingerprint density at radius 3 is 3.00 bits per heavy atom. The lowest BCUT2D eigenvalue weighted by molar-refractivity contribution is 0.0692. The third-order valence-corrected chi connectivity index (χ3v) is 3.82. The molecule has 2 heterocycles. The number of ether oxygens (including phenoxy) is 1. The molecule has 0 spiro atoms. The Morgan fingerprint density at radius 2 is 2.44 bits per heavy atom. The van der Waals surface area contributed by atoms with Crippen molar-refractivity contribution in [3.63, 3.8) is 0 Å². The Labute approximate surface area is 98.0 Å². The molecule has 0 bridgehead atoms. The Hall–Kier alpha value is -1.23. The van der Waals surface area contributed by atoms with E-state index in [0.29, 0.717) is 5.92 Å². The van der Waals surface area contributed by atoms with Gasteiger partial charge in [-0.1, -0.05) is 0 Å². The predicted octanol–water partition coefficient (Wildman–Crippen LogP) is 2.01. The van der Waals surface area contributed by atoms with Crippen molar-refractivity contribution < 1.29 is 14.6 Å². The van der Waals surface area contributed by atoms with Crippen LogP contribution in [0.2, 0.25) is 0 Å². The van der Waals surface area contributed by atoms with Gasteiger partial charge in [0.25, 0.3) is 0 Å². The molecule has 1 aliphatic heterocycles. The van der Waals surface area contributed by atoms with Gasteiger partial charge in [-0.15, -0.1) is 0 Å². The fraction of sp³-hybridized carbons (Fsp3) is 0.455. The second kappa shape index (κ2) is 4.74. The minimum atomic E-state index is -1.00. The summed E-state index contributed by atoms with van der Waals surface area (Å²) in [7, 11) is 1.45. The molecule has 5 heteroatoms. The SMILES string of the molecule is COc1nc(C2CCSC2)ccc1C(=O)O. The van der Waals surface area contributed by atoms with Gasteiger partial charge in [0.05, 0.1) is 7.11 Å². The fourth-order valence-corrected chi connectivity index (χ4v) is 3.01. The van der Waals surface area contributed by atoms with Crippen LogP contribution in [0.15, 0.2) is 12.1 Å². The smallest absolute Gasteiger partial charge is 0.341 e. The van der Waals surface area contributed by atoms with Gasteiger partial charge in [0, 0.05) is 17.4 Å². The number of rotatable bonds is 3. The van der Waals surface area contributed by atoms with Gasteiger partial charge < -0.3 is 9.84 Å². The lowest BCUT2D eigenvalue weighted by Crippen LogP contribution is -2.06. The number of aromatic carboxylic acids is 1. The van der Waals surface area contributed by atoms with Gasteiger partial charge in [-0.3, -0.25) is 0 Å². The molecule has 16 heavy (non-hydrogen) atoms. The first-order valence-corrected chi connectivity index (χ1v) is 6.24. The third kappa shape index (κ3) is 2.14. The maximum Gasteiger partial charge on any atom is 0.341 e. The van der Waals surface area contributed by atoms with E-state index in [4.69, 9.17) is 9.84 Å². The predicted molar refractivity (Wildman–Crippen MR) is 62.4 cm³/mol. The van der Waals surface area contributed by atoms with Crippen molar-refractivity contribution in [2.75, 3.05) is 18.6 Å². The van der Waals surface area contributed by atoms with Crippen molar-refractivity contribution in [1.82, 2.24) is 4.98 Å². The van der Waals surface area contributed by atoms with Crippen molar-refractivity contribution in [3.05, 3.63) is 23.4 Å². The van der Waals surface area contributed by atoms with Gasteiger partial charge in [-0.2, -0.15) is 11.8 Å². The quantitative estimate of drug-likeness (QED) is 0.874. The van der Waals surface area contributed by atoms with Crippen LogP contribution in [-0.4, -0.2) is 34.7 Å². The molecule has 0 amide bonds. The van der Waals surface area contributed by atoms with Crippen molar-refractivity contribution in [3.8, 4) is 5.88 Å². The van der Waals surface area contributed by atoms with Gasteiger partial charge >= 0.3 is 5.97 Å². The number of hydrogen-bond acceptors (Lipinski definition) is 4. The molecule has 1 fully saturated rings. The fourth-order valence-electron chi connectivity index (χ4n) is 1.77. The maximum atomic E-state index is 10.9. The molecule has 0 aliphatic carbocycles. The average molecular weight is 239 g/mol. The number of methoxy groups -OCH3 is 1. The summed E-state index contributed by atoms with van der Waals surface area (Å²) >= 11 is 1.90. The zero-order valence-electron chi connectivity index (χ0n) is 8.97. The zero-order chi connectivity index (χ0) is 11.5. The molecule has 1 N–H and O–H groups in total. The van der Waals surface area contributed by atoms with Gasteiger partial charge in [-0.25, -0.2) is 9.78 Å². The van der Waals surface area contributed by atoms with Crippen LogP contribution in [0.1, 0.15) is 28.4 Å². The second-order valence-corrected chi connectivity index (χ2v) is 4.81. The van der Waals surface area contributed by atoms with Crippen LogP contribution in [0, 0.1) is 0 Å². The number of thioether (sulfide) groups is 1. The van der Waals surface area contributed by atoms with Gasteiger partial charge in [0.1, 0.15) is 5.56 Å². The molecular formula is C11H13NO3S. The summed E-state index contributed by atoms with van der Waals surface area (Å²) < 4.78 is 5.01. The standard InChI is InChI=1S/C11H13NO3S/c1-15-10-8(11(13)14)2-3-9(12-10)7-4-5-16-6-7/h2-3,7H,4-6H2,1H3,(H,13,14). The Balaban J connectivity index is 2.32. The van der Waals surface area contributed by atoms with E-state index in [-0.39, 0.29) is 11.4 Å². The molecule has 2 rings (SSSR count). The summed E-state index contributed by atoms with van der Waals surface area (Å²) in [5.41, 5.74) is 1.06. The highest BCUT2D eigenvalue weighted by atomic mass is 32.2. The molecule has 0 radical (unpaired) electrons. The van der Waals surface area contributed by atoms with Crippen LogP contribution in [0.4, 0.5) is 0 Å². The number of aromatic nitrogens is 1. The van der Waals surface area contributed by atoms with Crippen LogP contribution in [-0.2, 0) is 0 Å². The molecule has 4 nitrogen and oxygen atoms in total. The average Bonchev–Trinajstić information content (AvgIpc) is 2.81. The number of pyridine rings is 1. The monoisotopic (exact) mass is 239 g/mol. The van der Waals surface area contributed by atoms with Crippen molar-refractivity contribution in [2.24, 2.45) is 0 Å². The minimum Gasteiger partial charge on any atom is -0.480 e. The summed E-state index contributed by atoms with van der Waals surface area (Å²) in [5.74, 6) is 1.85. The third-order valence-electron chi connectivity index (χ3n) is 2.65. The number of carboxylic acids is 1. The van der Waals surface area contributed by atoms with E-state index in [1.54, 1.807) is 12.1 Å². The van der Waals surface area contributed by atoms with Crippen molar-refractivity contribution in [1.29, 1.82) is 0 Å². The Morgan fingerprint density at radius 1 is 1.62 bits per heavy atom. The largest absolute Gasteiger partial charge is 0.480 e. The Bertz CT molecular complexity index is 402. The number of hydrogen-bond donors (Lipinski definition) is 1. The van der Waals surface area contributed by atoms with Crippen LogP contribution in [0.3, 0.4) is 0 Å². The first-order chi connectivity index (χ1) is 7.72. The molecule has 0 aromatic carbocycles. The van der Waals surface area contributed by atoms with E-state index in [0.717, 1.165) is 23.6 Å². The first-order valence-electron chi connectivity index (χ1n) is 5.08. The molecule has 0 saturated carbocycles. The highest BCUT2D eigenvalue weighted by molar-refractivity contribution is 7.99. The van der Waals surface area contributed by atoms with E-state index in [2.05, 4.69) is 4.98 Å². The van der Waals surface area contributed by atoms with Crippen LogP contribution in [0.5, 0.6) is 5.88 Å². The van der Waals surface area contributed by atoms with Crippen LogP contribution >= 0.6 is 11.8 Å². The summed E-state index contributed by atoms with van der Waals surface area (Å²) in [6.45, 7) is 0. The molecule has 1 atom stereocenters. The molecule has 1 aliphatic rings. The normalized spacial score (nSPS) is 19.7.